The lowest BCUT2D eigenvalue weighted by Crippen LogP contribution is -2.57. The largest absolute Gasteiger partial charge is 0.311 e. The van der Waals surface area contributed by atoms with Crippen LogP contribution in [0.1, 0.15) is 59.3 Å². The van der Waals surface area contributed by atoms with Gasteiger partial charge in [0.25, 0.3) is 0 Å². The second-order valence-electron chi connectivity index (χ2n) is 6.83. The van der Waals surface area contributed by atoms with E-state index in [1.165, 1.54) is 58.2 Å². The third-order valence-corrected chi connectivity index (χ3v) is 4.60. The lowest BCUT2D eigenvalue weighted by Gasteiger charge is -2.41. The third kappa shape index (κ3) is 4.24. The first kappa shape index (κ1) is 14.3. The lowest BCUT2D eigenvalue weighted by molar-refractivity contribution is 0.112. The monoisotopic (exact) mass is 252 g/mol. The van der Waals surface area contributed by atoms with E-state index in [1.54, 1.807) is 0 Å². The summed E-state index contributed by atoms with van der Waals surface area (Å²) in [4.78, 5) is 2.80. The number of nitrogens with zero attached hydrogens (tertiary/aromatic N) is 1. The molecule has 1 aliphatic heterocycles. The molecular formula is C16H32N2. The molecule has 1 saturated carbocycles. The van der Waals surface area contributed by atoms with Crippen molar-refractivity contribution in [1.82, 2.24) is 10.2 Å². The van der Waals surface area contributed by atoms with Gasteiger partial charge in [0.2, 0.25) is 0 Å². The Labute approximate surface area is 114 Å². The van der Waals surface area contributed by atoms with Crippen LogP contribution in [0.5, 0.6) is 0 Å². The molecule has 1 N–H and O–H groups in total. The van der Waals surface area contributed by atoms with Crippen LogP contribution in [-0.4, -0.2) is 36.6 Å². The van der Waals surface area contributed by atoms with Crippen molar-refractivity contribution in [3.63, 3.8) is 0 Å². The van der Waals surface area contributed by atoms with Gasteiger partial charge >= 0.3 is 0 Å². The van der Waals surface area contributed by atoms with Crippen molar-refractivity contribution in [3.05, 3.63) is 0 Å². The molecule has 1 heterocycles. The molecule has 0 aromatic heterocycles. The van der Waals surface area contributed by atoms with Crippen LogP contribution in [0.25, 0.3) is 0 Å². The summed E-state index contributed by atoms with van der Waals surface area (Å²) in [5, 5.41) is 3.80. The standard InChI is InChI=1S/C16H32N2/c1-4-6-15-11-17-16(14-8-9-14)12-18(15)10-5-7-13(2)3/h13-17H,4-12H2,1-3H3. The van der Waals surface area contributed by atoms with Gasteiger partial charge in [-0.15, -0.1) is 0 Å². The molecule has 0 bridgehead atoms. The smallest absolute Gasteiger partial charge is 0.0224 e. The first-order chi connectivity index (χ1) is 8.70. The Kier molecular flexibility index (Phi) is 5.50. The molecule has 2 atom stereocenters. The van der Waals surface area contributed by atoms with E-state index in [1.807, 2.05) is 0 Å². The summed E-state index contributed by atoms with van der Waals surface area (Å²) in [6.45, 7) is 10.9. The summed E-state index contributed by atoms with van der Waals surface area (Å²) in [6.07, 6.45) is 8.39. The predicted molar refractivity (Wildman–Crippen MR) is 78.9 cm³/mol. The third-order valence-electron chi connectivity index (χ3n) is 4.60. The lowest BCUT2D eigenvalue weighted by atomic mass is 10.0. The van der Waals surface area contributed by atoms with Crippen LogP contribution in [0, 0.1) is 11.8 Å². The zero-order valence-electron chi connectivity index (χ0n) is 12.6. The molecule has 0 radical (unpaired) electrons. The molecule has 2 fully saturated rings. The molecule has 0 amide bonds. The summed E-state index contributed by atoms with van der Waals surface area (Å²) in [6, 6.07) is 1.61. The van der Waals surface area contributed by atoms with Gasteiger partial charge in [0, 0.05) is 25.2 Å². The predicted octanol–water partition coefficient (Wildman–Crippen LogP) is 3.28. The summed E-state index contributed by atoms with van der Waals surface area (Å²) in [5.74, 6) is 1.86. The topological polar surface area (TPSA) is 15.3 Å². The maximum absolute atomic E-state index is 3.80. The minimum Gasteiger partial charge on any atom is -0.311 e. The Balaban J connectivity index is 1.79. The van der Waals surface area contributed by atoms with Crippen molar-refractivity contribution >= 4 is 0 Å². The Morgan fingerprint density at radius 2 is 2.06 bits per heavy atom. The second kappa shape index (κ2) is 6.91. The average Bonchev–Trinajstić information content (AvgIpc) is 3.15. The summed E-state index contributed by atoms with van der Waals surface area (Å²) in [5.41, 5.74) is 0. The molecule has 1 aliphatic carbocycles. The Bertz CT molecular complexity index is 235. The maximum Gasteiger partial charge on any atom is 0.0224 e. The Morgan fingerprint density at radius 3 is 2.67 bits per heavy atom. The zero-order valence-corrected chi connectivity index (χ0v) is 12.6. The molecule has 0 aromatic rings. The van der Waals surface area contributed by atoms with Crippen molar-refractivity contribution in [3.8, 4) is 0 Å². The number of piperazine rings is 1. The van der Waals surface area contributed by atoms with Crippen LogP contribution in [0.4, 0.5) is 0 Å². The molecule has 2 unspecified atom stereocenters. The van der Waals surface area contributed by atoms with Gasteiger partial charge in [-0.25, -0.2) is 0 Å². The van der Waals surface area contributed by atoms with Crippen LogP contribution in [-0.2, 0) is 0 Å². The van der Waals surface area contributed by atoms with Crippen molar-refractivity contribution in [2.24, 2.45) is 11.8 Å². The molecule has 18 heavy (non-hydrogen) atoms. The highest BCUT2D eigenvalue weighted by Gasteiger charge is 2.36. The van der Waals surface area contributed by atoms with E-state index in [4.69, 9.17) is 0 Å². The first-order valence-corrected chi connectivity index (χ1v) is 8.18. The van der Waals surface area contributed by atoms with E-state index >= 15 is 0 Å². The Hall–Kier alpha value is -0.0800. The molecule has 2 nitrogen and oxygen atoms in total. The van der Waals surface area contributed by atoms with Crippen LogP contribution in [0.3, 0.4) is 0 Å². The molecular weight excluding hydrogens is 220 g/mol. The van der Waals surface area contributed by atoms with Crippen molar-refractivity contribution < 1.29 is 0 Å². The highest BCUT2D eigenvalue weighted by Crippen LogP contribution is 2.34. The highest BCUT2D eigenvalue weighted by molar-refractivity contribution is 4.94. The van der Waals surface area contributed by atoms with Gasteiger partial charge in [-0.05, 0) is 50.5 Å². The fourth-order valence-electron chi connectivity index (χ4n) is 3.29. The van der Waals surface area contributed by atoms with E-state index in [2.05, 4.69) is 31.0 Å². The molecule has 106 valence electrons. The summed E-state index contributed by atoms with van der Waals surface area (Å²) >= 11 is 0. The number of hydrogen-bond donors (Lipinski definition) is 1. The van der Waals surface area contributed by atoms with Gasteiger partial charge in [0.05, 0.1) is 0 Å². The molecule has 2 heteroatoms. The molecule has 1 saturated heterocycles. The van der Waals surface area contributed by atoms with Gasteiger partial charge < -0.3 is 5.32 Å². The van der Waals surface area contributed by atoms with Crippen LogP contribution in [0.2, 0.25) is 0 Å². The molecule has 0 aromatic carbocycles. The number of nitrogens with one attached hydrogen (secondary N) is 1. The quantitative estimate of drug-likeness (QED) is 0.748. The van der Waals surface area contributed by atoms with E-state index in [-0.39, 0.29) is 0 Å². The SMILES string of the molecule is CCCC1CNC(C2CC2)CN1CCCC(C)C. The molecule has 2 aliphatic rings. The van der Waals surface area contributed by atoms with Gasteiger partial charge in [-0.2, -0.15) is 0 Å². The maximum atomic E-state index is 3.80. The minimum atomic E-state index is 0.803. The van der Waals surface area contributed by atoms with E-state index in [0.717, 1.165) is 23.9 Å². The van der Waals surface area contributed by atoms with E-state index in [0.29, 0.717) is 0 Å². The van der Waals surface area contributed by atoms with Crippen molar-refractivity contribution in [2.75, 3.05) is 19.6 Å². The van der Waals surface area contributed by atoms with Gasteiger partial charge in [0.15, 0.2) is 0 Å². The summed E-state index contributed by atoms with van der Waals surface area (Å²) < 4.78 is 0. The van der Waals surface area contributed by atoms with Crippen molar-refractivity contribution in [1.29, 1.82) is 0 Å². The van der Waals surface area contributed by atoms with E-state index in [9.17, 15) is 0 Å². The van der Waals surface area contributed by atoms with Crippen LogP contribution >= 0.6 is 0 Å². The molecule has 2 rings (SSSR count). The fraction of sp³-hybridized carbons (Fsp3) is 1.00. The van der Waals surface area contributed by atoms with Crippen LogP contribution in [0.15, 0.2) is 0 Å². The fourth-order valence-corrected chi connectivity index (χ4v) is 3.29. The first-order valence-electron chi connectivity index (χ1n) is 8.18. The zero-order chi connectivity index (χ0) is 13.0. The Morgan fingerprint density at radius 1 is 1.28 bits per heavy atom. The van der Waals surface area contributed by atoms with Gasteiger partial charge in [-0.1, -0.05) is 27.2 Å². The average molecular weight is 252 g/mol. The molecule has 0 spiro atoms. The second-order valence-corrected chi connectivity index (χ2v) is 6.83. The van der Waals surface area contributed by atoms with Crippen molar-refractivity contribution in [2.45, 2.75) is 71.4 Å². The van der Waals surface area contributed by atoms with E-state index < -0.39 is 0 Å². The van der Waals surface area contributed by atoms with Gasteiger partial charge in [-0.3, -0.25) is 4.90 Å². The highest BCUT2D eigenvalue weighted by atomic mass is 15.2. The summed E-state index contributed by atoms with van der Waals surface area (Å²) in [7, 11) is 0. The van der Waals surface area contributed by atoms with Gasteiger partial charge in [0.1, 0.15) is 0 Å². The minimum absolute atomic E-state index is 0.803. The number of hydrogen-bond acceptors (Lipinski definition) is 2. The normalized spacial score (nSPS) is 30.0. The number of rotatable bonds is 7. The van der Waals surface area contributed by atoms with Crippen LogP contribution < -0.4 is 5.32 Å².